The number of fused-ring (bicyclic) bond motifs is 1. The van der Waals surface area contributed by atoms with Crippen LogP contribution in [-0.4, -0.2) is 15.1 Å². The Balaban J connectivity index is 1.96. The van der Waals surface area contributed by atoms with Crippen LogP contribution in [0.3, 0.4) is 0 Å². The van der Waals surface area contributed by atoms with Crippen molar-refractivity contribution in [2.75, 3.05) is 5.73 Å². The van der Waals surface area contributed by atoms with Crippen molar-refractivity contribution in [2.45, 2.75) is 38.9 Å². The molecular weight excluding hydrogens is 236 g/mol. The second-order valence-electron chi connectivity index (χ2n) is 5.75. The molecule has 0 bridgehead atoms. The molecule has 19 heavy (non-hydrogen) atoms. The second-order valence-corrected chi connectivity index (χ2v) is 5.75. The highest BCUT2D eigenvalue weighted by Gasteiger charge is 2.45. The van der Waals surface area contributed by atoms with Crippen molar-refractivity contribution >= 4 is 5.82 Å². The number of nitrogens with one attached hydrogen (secondary N) is 1. The average Bonchev–Trinajstić information content (AvgIpc) is 2.86. The van der Waals surface area contributed by atoms with Crippen LogP contribution >= 0.6 is 0 Å². The van der Waals surface area contributed by atoms with Gasteiger partial charge in [-0.15, -0.1) is 0 Å². The molecule has 0 amide bonds. The Morgan fingerprint density at radius 2 is 2.00 bits per heavy atom. The number of rotatable bonds is 2. The van der Waals surface area contributed by atoms with Gasteiger partial charge in [-0.1, -0.05) is 30.3 Å². The van der Waals surface area contributed by atoms with E-state index in [2.05, 4.69) is 60.1 Å². The summed E-state index contributed by atoms with van der Waals surface area (Å²) in [5.41, 5.74) is 9.53. The standard InChI is InChI=1S/C15H20N4/c1-10-12-13(17-18-14(12)16)15(2,3)19(10)9-11-7-5-4-6-8-11/h4-8,10H,9H2,1-3H3,(H3,16,17,18). The van der Waals surface area contributed by atoms with Crippen molar-refractivity contribution in [1.82, 2.24) is 15.1 Å². The van der Waals surface area contributed by atoms with Gasteiger partial charge in [0.2, 0.25) is 0 Å². The molecule has 1 atom stereocenters. The van der Waals surface area contributed by atoms with Gasteiger partial charge in [0.25, 0.3) is 0 Å². The van der Waals surface area contributed by atoms with Crippen molar-refractivity contribution in [3.63, 3.8) is 0 Å². The van der Waals surface area contributed by atoms with E-state index in [9.17, 15) is 0 Å². The zero-order valence-corrected chi connectivity index (χ0v) is 11.6. The minimum Gasteiger partial charge on any atom is -0.382 e. The molecule has 1 aliphatic rings. The van der Waals surface area contributed by atoms with Gasteiger partial charge in [0.1, 0.15) is 5.82 Å². The lowest BCUT2D eigenvalue weighted by molar-refractivity contribution is 0.0898. The summed E-state index contributed by atoms with van der Waals surface area (Å²) in [7, 11) is 0. The van der Waals surface area contributed by atoms with E-state index in [0.29, 0.717) is 5.82 Å². The molecule has 1 aromatic carbocycles. The fourth-order valence-corrected chi connectivity index (χ4v) is 3.15. The van der Waals surface area contributed by atoms with Crippen LogP contribution < -0.4 is 5.73 Å². The second kappa shape index (κ2) is 4.10. The molecule has 2 heterocycles. The van der Waals surface area contributed by atoms with Crippen molar-refractivity contribution in [3.05, 3.63) is 47.2 Å². The summed E-state index contributed by atoms with van der Waals surface area (Å²) in [5.74, 6) is 0.631. The molecule has 3 rings (SSSR count). The Kier molecular flexibility index (Phi) is 2.64. The third kappa shape index (κ3) is 1.75. The number of H-pyrrole nitrogens is 1. The van der Waals surface area contributed by atoms with Crippen LogP contribution in [0.1, 0.15) is 43.6 Å². The predicted molar refractivity (Wildman–Crippen MR) is 76.4 cm³/mol. The van der Waals surface area contributed by atoms with E-state index >= 15 is 0 Å². The topological polar surface area (TPSA) is 57.9 Å². The van der Waals surface area contributed by atoms with E-state index in [1.807, 2.05) is 6.07 Å². The maximum absolute atomic E-state index is 5.99. The molecule has 0 saturated carbocycles. The van der Waals surface area contributed by atoms with Gasteiger partial charge >= 0.3 is 0 Å². The van der Waals surface area contributed by atoms with Crippen LogP contribution in [0, 0.1) is 0 Å². The highest BCUT2D eigenvalue weighted by molar-refractivity contribution is 5.50. The fraction of sp³-hybridized carbons (Fsp3) is 0.400. The monoisotopic (exact) mass is 256 g/mol. The molecule has 100 valence electrons. The first-order valence-electron chi connectivity index (χ1n) is 6.66. The van der Waals surface area contributed by atoms with E-state index < -0.39 is 0 Å². The SMILES string of the molecule is CC1c2c(N)n[nH]c2C(C)(C)N1Cc1ccccc1. The van der Waals surface area contributed by atoms with Crippen molar-refractivity contribution < 1.29 is 0 Å². The number of hydrogen-bond acceptors (Lipinski definition) is 3. The van der Waals surface area contributed by atoms with E-state index in [-0.39, 0.29) is 11.6 Å². The van der Waals surface area contributed by atoms with Crippen LogP contribution in [0.15, 0.2) is 30.3 Å². The number of hydrogen-bond donors (Lipinski definition) is 2. The first kappa shape index (κ1) is 12.2. The van der Waals surface area contributed by atoms with Crippen LogP contribution in [0.25, 0.3) is 0 Å². The number of nitrogen functional groups attached to an aromatic ring is 1. The number of aromatic nitrogens is 2. The number of anilines is 1. The maximum Gasteiger partial charge on any atom is 0.150 e. The van der Waals surface area contributed by atoms with Gasteiger partial charge in [0.05, 0.1) is 11.2 Å². The zero-order valence-electron chi connectivity index (χ0n) is 11.6. The van der Waals surface area contributed by atoms with Gasteiger partial charge in [-0.3, -0.25) is 10.00 Å². The van der Waals surface area contributed by atoms with Gasteiger partial charge in [0, 0.05) is 18.2 Å². The highest BCUT2D eigenvalue weighted by Crippen LogP contribution is 2.47. The van der Waals surface area contributed by atoms with E-state index in [1.165, 1.54) is 5.56 Å². The minimum atomic E-state index is -0.0742. The Hall–Kier alpha value is -1.81. The van der Waals surface area contributed by atoms with Crippen LogP contribution in [-0.2, 0) is 12.1 Å². The molecule has 1 aromatic heterocycles. The maximum atomic E-state index is 5.99. The smallest absolute Gasteiger partial charge is 0.150 e. The largest absolute Gasteiger partial charge is 0.382 e. The summed E-state index contributed by atoms with van der Waals surface area (Å²) in [4.78, 5) is 2.46. The summed E-state index contributed by atoms with van der Waals surface area (Å²) in [6.07, 6.45) is 0. The van der Waals surface area contributed by atoms with E-state index in [1.54, 1.807) is 0 Å². The highest BCUT2D eigenvalue weighted by atomic mass is 15.3. The Morgan fingerprint density at radius 3 is 2.63 bits per heavy atom. The van der Waals surface area contributed by atoms with Crippen LogP contribution in [0.2, 0.25) is 0 Å². The number of benzene rings is 1. The molecule has 4 heteroatoms. The molecule has 0 radical (unpaired) electrons. The third-order valence-corrected chi connectivity index (χ3v) is 4.24. The lowest BCUT2D eigenvalue weighted by atomic mass is 10.0. The van der Waals surface area contributed by atoms with Gasteiger partial charge < -0.3 is 5.73 Å². The van der Waals surface area contributed by atoms with E-state index in [0.717, 1.165) is 17.8 Å². The van der Waals surface area contributed by atoms with Crippen LogP contribution in [0.5, 0.6) is 0 Å². The van der Waals surface area contributed by atoms with E-state index in [4.69, 9.17) is 5.73 Å². The summed E-state index contributed by atoms with van der Waals surface area (Å²) in [6, 6.07) is 10.8. The molecule has 0 aliphatic carbocycles. The number of nitrogens with zero attached hydrogens (tertiary/aromatic N) is 2. The third-order valence-electron chi connectivity index (χ3n) is 4.24. The van der Waals surface area contributed by atoms with Gasteiger partial charge in [0.15, 0.2) is 0 Å². The molecule has 0 saturated heterocycles. The summed E-state index contributed by atoms with van der Waals surface area (Å²) >= 11 is 0. The normalized spacial score (nSPS) is 21.5. The molecule has 4 nitrogen and oxygen atoms in total. The lowest BCUT2D eigenvalue weighted by Gasteiger charge is -2.35. The Bertz CT molecular complexity index is 585. The number of aromatic amines is 1. The summed E-state index contributed by atoms with van der Waals surface area (Å²) < 4.78 is 0. The van der Waals surface area contributed by atoms with Crippen molar-refractivity contribution in [1.29, 1.82) is 0 Å². The molecule has 3 N–H and O–H groups in total. The lowest BCUT2D eigenvalue weighted by Crippen LogP contribution is -2.37. The van der Waals surface area contributed by atoms with Crippen molar-refractivity contribution in [3.8, 4) is 0 Å². The molecule has 0 fully saturated rings. The number of nitrogens with two attached hydrogens (primary N) is 1. The first-order valence-corrected chi connectivity index (χ1v) is 6.66. The average molecular weight is 256 g/mol. The Labute approximate surface area is 113 Å². The zero-order chi connectivity index (χ0) is 13.6. The van der Waals surface area contributed by atoms with Gasteiger partial charge in [-0.2, -0.15) is 5.10 Å². The quantitative estimate of drug-likeness (QED) is 0.868. The van der Waals surface area contributed by atoms with Gasteiger partial charge in [-0.05, 0) is 26.3 Å². The molecule has 1 aliphatic heterocycles. The minimum absolute atomic E-state index is 0.0742. The molecule has 2 aromatic rings. The Morgan fingerprint density at radius 1 is 1.32 bits per heavy atom. The summed E-state index contributed by atoms with van der Waals surface area (Å²) in [6.45, 7) is 7.55. The predicted octanol–water partition coefficient (Wildman–Crippen LogP) is 2.80. The van der Waals surface area contributed by atoms with Crippen LogP contribution in [0.4, 0.5) is 5.82 Å². The molecule has 0 spiro atoms. The first-order chi connectivity index (χ1) is 9.01. The summed E-state index contributed by atoms with van der Waals surface area (Å²) in [5, 5.41) is 7.26. The molecule has 1 unspecified atom stereocenters. The van der Waals surface area contributed by atoms with Gasteiger partial charge in [-0.25, -0.2) is 0 Å². The molecular formula is C15H20N4. The fourth-order valence-electron chi connectivity index (χ4n) is 3.15. The van der Waals surface area contributed by atoms with Crippen molar-refractivity contribution in [2.24, 2.45) is 0 Å².